The molecular weight excluding hydrogens is 360 g/mol. The second kappa shape index (κ2) is 7.38. The highest BCUT2D eigenvalue weighted by atomic mass is 16.6. The van der Waals surface area contributed by atoms with Gasteiger partial charge in [0, 0.05) is 44.9 Å². The number of carbonyl (C=O) groups excluding carboxylic acids is 2. The molecule has 0 radical (unpaired) electrons. The standard InChI is InChI=1S/C20H24N4O4/c1-11(2)18-21-14-12-9-7-8-10-13(12)16(27-19(25)23(3)4)17(15(14)22-18)28-20(26)24(5)6/h7-11H,1-6H3,(H,21,22). The number of aromatic nitrogens is 2. The van der Waals surface area contributed by atoms with E-state index in [1.165, 1.54) is 9.80 Å². The van der Waals surface area contributed by atoms with Gasteiger partial charge in [0.2, 0.25) is 5.75 Å². The van der Waals surface area contributed by atoms with Gasteiger partial charge in [-0.3, -0.25) is 0 Å². The maximum atomic E-state index is 12.3. The number of carbonyl (C=O) groups is 2. The maximum absolute atomic E-state index is 12.3. The number of aromatic amines is 1. The zero-order valence-electron chi connectivity index (χ0n) is 16.9. The van der Waals surface area contributed by atoms with Gasteiger partial charge in [-0.15, -0.1) is 0 Å². The summed E-state index contributed by atoms with van der Waals surface area (Å²) in [5.74, 6) is 1.20. The normalized spacial score (nSPS) is 11.1. The molecule has 0 saturated carbocycles. The number of hydrogen-bond donors (Lipinski definition) is 1. The second-order valence-corrected chi connectivity index (χ2v) is 7.23. The Morgan fingerprint density at radius 2 is 1.46 bits per heavy atom. The number of amides is 2. The smallest absolute Gasteiger partial charge is 0.405 e. The molecule has 0 unspecified atom stereocenters. The summed E-state index contributed by atoms with van der Waals surface area (Å²) in [6.07, 6.45) is -1.16. The van der Waals surface area contributed by atoms with E-state index in [1.807, 2.05) is 38.1 Å². The fraction of sp³-hybridized carbons (Fsp3) is 0.350. The van der Waals surface area contributed by atoms with Gasteiger partial charge in [-0.2, -0.15) is 0 Å². The molecular formula is C20H24N4O4. The van der Waals surface area contributed by atoms with Crippen LogP contribution >= 0.6 is 0 Å². The van der Waals surface area contributed by atoms with E-state index in [1.54, 1.807) is 28.2 Å². The summed E-state index contributed by atoms with van der Waals surface area (Å²) in [6.45, 7) is 4.02. The SMILES string of the molecule is CC(C)c1nc2c([nH]1)c(OC(=O)N(C)C)c(OC(=O)N(C)C)c1ccccc12. The summed E-state index contributed by atoms with van der Waals surface area (Å²) < 4.78 is 11.2. The summed E-state index contributed by atoms with van der Waals surface area (Å²) in [6, 6.07) is 7.42. The lowest BCUT2D eigenvalue weighted by atomic mass is 10.1. The summed E-state index contributed by atoms with van der Waals surface area (Å²) in [5, 5.41) is 1.43. The molecule has 0 atom stereocenters. The largest absolute Gasteiger partial charge is 0.414 e. The van der Waals surface area contributed by atoms with Gasteiger partial charge in [0.15, 0.2) is 5.75 Å². The molecule has 28 heavy (non-hydrogen) atoms. The monoisotopic (exact) mass is 384 g/mol. The molecule has 1 aromatic heterocycles. The predicted octanol–water partition coefficient (Wildman–Crippen LogP) is 3.96. The number of rotatable bonds is 3. The number of hydrogen-bond acceptors (Lipinski definition) is 5. The predicted molar refractivity (Wildman–Crippen MR) is 107 cm³/mol. The average molecular weight is 384 g/mol. The van der Waals surface area contributed by atoms with Crippen LogP contribution in [0.5, 0.6) is 11.5 Å². The number of H-pyrrole nitrogens is 1. The molecule has 2 aromatic carbocycles. The van der Waals surface area contributed by atoms with Gasteiger partial charge in [0.1, 0.15) is 16.9 Å². The van der Waals surface area contributed by atoms with E-state index in [4.69, 9.17) is 14.5 Å². The van der Waals surface area contributed by atoms with Gasteiger partial charge >= 0.3 is 12.2 Å². The van der Waals surface area contributed by atoms with Crippen LogP contribution in [0.4, 0.5) is 9.59 Å². The van der Waals surface area contributed by atoms with Crippen LogP contribution in [0.3, 0.4) is 0 Å². The second-order valence-electron chi connectivity index (χ2n) is 7.23. The van der Waals surface area contributed by atoms with Gasteiger partial charge < -0.3 is 24.3 Å². The Morgan fingerprint density at radius 1 is 0.929 bits per heavy atom. The number of nitrogens with zero attached hydrogens (tertiary/aromatic N) is 3. The highest BCUT2D eigenvalue weighted by molar-refractivity contribution is 6.12. The molecule has 0 spiro atoms. The molecule has 3 rings (SSSR count). The number of imidazole rings is 1. The van der Waals surface area contributed by atoms with E-state index >= 15 is 0 Å². The van der Waals surface area contributed by atoms with Crippen LogP contribution in [0, 0.1) is 0 Å². The Bertz CT molecular complexity index is 1050. The Kier molecular flexibility index (Phi) is 5.13. The lowest BCUT2D eigenvalue weighted by Gasteiger charge is -2.18. The molecule has 3 aromatic rings. The molecule has 1 N–H and O–H groups in total. The first-order valence-electron chi connectivity index (χ1n) is 8.93. The Balaban J connectivity index is 2.36. The van der Waals surface area contributed by atoms with Crippen molar-refractivity contribution in [2.24, 2.45) is 0 Å². The van der Waals surface area contributed by atoms with Crippen LogP contribution in [-0.2, 0) is 0 Å². The van der Waals surface area contributed by atoms with Crippen LogP contribution in [-0.4, -0.2) is 60.1 Å². The molecule has 2 amide bonds. The lowest BCUT2D eigenvalue weighted by molar-refractivity contribution is 0.162. The Hall–Kier alpha value is -3.29. The number of fused-ring (bicyclic) bond motifs is 3. The summed E-state index contributed by atoms with van der Waals surface area (Å²) in [7, 11) is 6.33. The van der Waals surface area contributed by atoms with Crippen LogP contribution in [0.2, 0.25) is 0 Å². The van der Waals surface area contributed by atoms with Crippen molar-refractivity contribution in [3.63, 3.8) is 0 Å². The quantitative estimate of drug-likeness (QED) is 0.738. The van der Waals surface area contributed by atoms with Crippen LogP contribution in [0.15, 0.2) is 24.3 Å². The maximum Gasteiger partial charge on any atom is 0.414 e. The van der Waals surface area contributed by atoms with E-state index in [-0.39, 0.29) is 17.4 Å². The molecule has 0 bridgehead atoms. The van der Waals surface area contributed by atoms with Gasteiger partial charge in [-0.05, 0) is 0 Å². The topological polar surface area (TPSA) is 87.8 Å². The van der Waals surface area contributed by atoms with Gasteiger partial charge in [-0.1, -0.05) is 38.1 Å². The van der Waals surface area contributed by atoms with Crippen molar-refractivity contribution in [1.82, 2.24) is 19.8 Å². The molecule has 0 aliphatic heterocycles. The molecule has 0 fully saturated rings. The highest BCUT2D eigenvalue weighted by Gasteiger charge is 2.25. The minimum atomic E-state index is -0.584. The fourth-order valence-electron chi connectivity index (χ4n) is 2.70. The third-order valence-electron chi connectivity index (χ3n) is 4.24. The Labute approximate surface area is 163 Å². The van der Waals surface area contributed by atoms with Gasteiger partial charge in [0.05, 0.1) is 0 Å². The molecule has 148 valence electrons. The molecule has 0 aliphatic rings. The van der Waals surface area contributed by atoms with Crippen molar-refractivity contribution in [1.29, 1.82) is 0 Å². The van der Waals surface area contributed by atoms with Crippen LogP contribution < -0.4 is 9.47 Å². The first kappa shape index (κ1) is 19.5. The van der Waals surface area contributed by atoms with E-state index < -0.39 is 12.2 Å². The van der Waals surface area contributed by atoms with Crippen molar-refractivity contribution in [3.05, 3.63) is 30.1 Å². The minimum absolute atomic E-state index is 0.135. The molecule has 1 heterocycles. The third kappa shape index (κ3) is 3.45. The van der Waals surface area contributed by atoms with E-state index in [9.17, 15) is 9.59 Å². The summed E-state index contributed by atoms with van der Waals surface area (Å²) in [4.78, 5) is 35.2. The molecule has 0 aliphatic carbocycles. The fourth-order valence-corrected chi connectivity index (χ4v) is 2.70. The number of ether oxygens (including phenoxy) is 2. The number of benzene rings is 2. The van der Waals surface area contributed by atoms with E-state index in [2.05, 4.69) is 4.98 Å². The molecule has 0 saturated heterocycles. The molecule has 8 heteroatoms. The lowest BCUT2D eigenvalue weighted by Crippen LogP contribution is -2.27. The minimum Gasteiger partial charge on any atom is -0.405 e. The van der Waals surface area contributed by atoms with Gasteiger partial charge in [-0.25, -0.2) is 14.6 Å². The van der Waals surface area contributed by atoms with Crippen LogP contribution in [0.25, 0.3) is 21.8 Å². The van der Waals surface area contributed by atoms with Crippen molar-refractivity contribution in [2.45, 2.75) is 19.8 Å². The zero-order chi connectivity index (χ0) is 20.6. The van der Waals surface area contributed by atoms with E-state index in [0.29, 0.717) is 16.4 Å². The first-order chi connectivity index (χ1) is 13.2. The van der Waals surface area contributed by atoms with Crippen LogP contribution in [0.1, 0.15) is 25.6 Å². The van der Waals surface area contributed by atoms with Crippen molar-refractivity contribution < 1.29 is 19.1 Å². The molecule has 8 nitrogen and oxygen atoms in total. The number of nitrogens with one attached hydrogen (secondary N) is 1. The van der Waals surface area contributed by atoms with Gasteiger partial charge in [0.25, 0.3) is 0 Å². The zero-order valence-corrected chi connectivity index (χ0v) is 16.9. The summed E-state index contributed by atoms with van der Waals surface area (Å²) >= 11 is 0. The summed E-state index contributed by atoms with van der Waals surface area (Å²) in [5.41, 5.74) is 1.17. The third-order valence-corrected chi connectivity index (χ3v) is 4.24. The highest BCUT2D eigenvalue weighted by Crippen LogP contribution is 2.43. The average Bonchev–Trinajstić information content (AvgIpc) is 3.09. The van der Waals surface area contributed by atoms with E-state index in [0.717, 1.165) is 11.2 Å². The van der Waals surface area contributed by atoms with Crippen molar-refractivity contribution in [3.8, 4) is 11.5 Å². The van der Waals surface area contributed by atoms with Crippen molar-refractivity contribution >= 4 is 34.0 Å². The van der Waals surface area contributed by atoms with Crippen molar-refractivity contribution in [2.75, 3.05) is 28.2 Å². The first-order valence-corrected chi connectivity index (χ1v) is 8.93. The Morgan fingerprint density at radius 3 is 2.00 bits per heavy atom.